The number of aryl methyl sites for hydroxylation is 1. The van der Waals surface area contributed by atoms with Gasteiger partial charge in [-0.05, 0) is 30.7 Å². The number of sulfonamides is 1. The Balaban J connectivity index is 1.44. The second-order valence-corrected chi connectivity index (χ2v) is 11.0. The lowest BCUT2D eigenvalue weighted by Gasteiger charge is -2.34. The number of benzene rings is 2. The first-order chi connectivity index (χ1) is 15.5. The Bertz CT molecular complexity index is 1240. The number of alkyl halides is 3. The van der Waals surface area contributed by atoms with Crippen LogP contribution in [-0.2, 0) is 22.6 Å². The van der Waals surface area contributed by atoms with E-state index in [-0.39, 0.29) is 18.1 Å². The van der Waals surface area contributed by atoms with E-state index in [0.29, 0.717) is 25.6 Å². The van der Waals surface area contributed by atoms with Crippen LogP contribution >= 0.6 is 22.9 Å². The van der Waals surface area contributed by atoms with Gasteiger partial charge in [-0.1, -0.05) is 41.4 Å². The number of aromatic nitrogens is 1. The van der Waals surface area contributed by atoms with Crippen LogP contribution in [0.5, 0.6) is 0 Å². The van der Waals surface area contributed by atoms with Crippen molar-refractivity contribution in [2.75, 3.05) is 31.1 Å². The second kappa shape index (κ2) is 9.25. The number of hydrogen-bond acceptors (Lipinski definition) is 5. The minimum atomic E-state index is -4.66. The van der Waals surface area contributed by atoms with Crippen molar-refractivity contribution in [1.82, 2.24) is 9.29 Å². The third-order valence-electron chi connectivity index (χ3n) is 5.43. The predicted molar refractivity (Wildman–Crippen MR) is 124 cm³/mol. The summed E-state index contributed by atoms with van der Waals surface area (Å²) in [7, 11) is -4.16. The van der Waals surface area contributed by atoms with Gasteiger partial charge in [-0.15, -0.1) is 11.3 Å². The first kappa shape index (κ1) is 24.0. The van der Waals surface area contributed by atoms with Crippen LogP contribution in [0.3, 0.4) is 0 Å². The van der Waals surface area contributed by atoms with Crippen LogP contribution in [0.4, 0.5) is 18.3 Å². The van der Waals surface area contributed by atoms with Crippen molar-refractivity contribution in [3.05, 3.63) is 75.3 Å². The SMILES string of the molecule is Cc1ccc(Cc2csc(N3CCN(S(=O)(=O)c4cc(C(F)(F)F)ccc4Cl)CC3)n2)cc1. The highest BCUT2D eigenvalue weighted by atomic mass is 35.5. The van der Waals surface area contributed by atoms with Gasteiger partial charge in [0.25, 0.3) is 0 Å². The maximum atomic E-state index is 13.1. The van der Waals surface area contributed by atoms with Crippen molar-refractivity contribution in [3.63, 3.8) is 0 Å². The molecule has 4 rings (SSSR count). The summed E-state index contributed by atoms with van der Waals surface area (Å²) in [4.78, 5) is 6.14. The van der Waals surface area contributed by atoms with E-state index < -0.39 is 26.7 Å². The third kappa shape index (κ3) is 5.34. The standard InChI is InChI=1S/C22H21ClF3N3O2S2/c1-15-2-4-16(5-3-15)12-18-14-32-21(27-18)28-8-10-29(11-9-28)33(30,31)20-13-17(22(24,25)26)6-7-19(20)23/h2-7,13-14H,8-12H2,1H3. The van der Waals surface area contributed by atoms with Crippen LogP contribution in [0.25, 0.3) is 0 Å². The summed E-state index contributed by atoms with van der Waals surface area (Å²) in [5.41, 5.74) is 2.24. The number of rotatable bonds is 5. The lowest BCUT2D eigenvalue weighted by Crippen LogP contribution is -2.48. The summed E-state index contributed by atoms with van der Waals surface area (Å²) in [6.45, 7) is 3.05. The molecule has 0 atom stereocenters. The van der Waals surface area contributed by atoms with E-state index in [1.165, 1.54) is 21.2 Å². The summed E-state index contributed by atoms with van der Waals surface area (Å²) in [6.07, 6.45) is -3.95. The van der Waals surface area contributed by atoms with Gasteiger partial charge in [0.15, 0.2) is 5.13 Å². The molecule has 2 heterocycles. The van der Waals surface area contributed by atoms with Crippen molar-refractivity contribution in [2.24, 2.45) is 0 Å². The molecule has 1 aromatic heterocycles. The Morgan fingerprint density at radius 2 is 1.73 bits per heavy atom. The fourth-order valence-corrected chi connectivity index (χ4v) is 6.38. The quantitative estimate of drug-likeness (QED) is 0.467. The number of thiazole rings is 1. The van der Waals surface area contributed by atoms with Crippen LogP contribution in [0.2, 0.25) is 5.02 Å². The molecule has 0 aliphatic carbocycles. The minimum Gasteiger partial charge on any atom is -0.345 e. The average Bonchev–Trinajstić information content (AvgIpc) is 3.23. The molecule has 5 nitrogen and oxygen atoms in total. The highest BCUT2D eigenvalue weighted by molar-refractivity contribution is 7.89. The van der Waals surface area contributed by atoms with Crippen molar-refractivity contribution in [3.8, 4) is 0 Å². The molecule has 0 spiro atoms. The van der Waals surface area contributed by atoms with Crippen molar-refractivity contribution >= 4 is 38.1 Å². The van der Waals surface area contributed by atoms with Gasteiger partial charge in [-0.2, -0.15) is 17.5 Å². The van der Waals surface area contributed by atoms with Gasteiger partial charge in [-0.3, -0.25) is 0 Å². The molecule has 2 aromatic carbocycles. The first-order valence-corrected chi connectivity index (χ1v) is 12.9. The molecule has 0 unspecified atom stereocenters. The Hall–Kier alpha value is -2.14. The molecule has 1 aliphatic heterocycles. The second-order valence-electron chi connectivity index (χ2n) is 7.82. The predicted octanol–water partition coefficient (Wildman–Crippen LogP) is 5.23. The van der Waals surface area contributed by atoms with Crippen molar-refractivity contribution < 1.29 is 21.6 Å². The van der Waals surface area contributed by atoms with Crippen LogP contribution in [-0.4, -0.2) is 43.9 Å². The number of halogens is 4. The van der Waals surface area contributed by atoms with Gasteiger partial charge >= 0.3 is 6.18 Å². The maximum Gasteiger partial charge on any atom is 0.416 e. The zero-order chi connectivity index (χ0) is 23.8. The summed E-state index contributed by atoms with van der Waals surface area (Å²) < 4.78 is 66.4. The Labute approximate surface area is 199 Å². The number of nitrogens with zero attached hydrogens (tertiary/aromatic N) is 3. The van der Waals surface area contributed by atoms with Gasteiger partial charge < -0.3 is 4.90 Å². The third-order valence-corrected chi connectivity index (χ3v) is 8.76. The fourth-order valence-electron chi connectivity index (χ4n) is 3.57. The highest BCUT2D eigenvalue weighted by Crippen LogP contribution is 2.35. The lowest BCUT2D eigenvalue weighted by atomic mass is 10.1. The Morgan fingerprint density at radius 1 is 1.06 bits per heavy atom. The normalized spacial score (nSPS) is 15.7. The molecule has 0 radical (unpaired) electrons. The van der Waals surface area contributed by atoms with Crippen molar-refractivity contribution in [1.29, 1.82) is 0 Å². The van der Waals surface area contributed by atoms with E-state index >= 15 is 0 Å². The summed E-state index contributed by atoms with van der Waals surface area (Å²) in [5, 5.41) is 2.55. The molecule has 3 aromatic rings. The van der Waals surface area contributed by atoms with Gasteiger partial charge in [0.1, 0.15) is 4.90 Å². The number of anilines is 1. The van der Waals surface area contributed by atoms with E-state index in [0.717, 1.165) is 28.5 Å². The van der Waals surface area contributed by atoms with Gasteiger partial charge in [-0.25, -0.2) is 13.4 Å². The molecule has 0 amide bonds. The molecule has 0 N–H and O–H groups in total. The fraction of sp³-hybridized carbons (Fsp3) is 0.318. The van der Waals surface area contributed by atoms with Crippen LogP contribution in [0.15, 0.2) is 52.7 Å². The molecule has 176 valence electrons. The largest absolute Gasteiger partial charge is 0.416 e. The van der Waals surface area contributed by atoms with Crippen LogP contribution in [0.1, 0.15) is 22.4 Å². The van der Waals surface area contributed by atoms with Gasteiger partial charge in [0.05, 0.1) is 16.3 Å². The maximum absolute atomic E-state index is 13.1. The van der Waals surface area contributed by atoms with E-state index in [1.807, 2.05) is 17.2 Å². The minimum absolute atomic E-state index is 0.127. The van der Waals surface area contributed by atoms with Crippen LogP contribution < -0.4 is 4.90 Å². The Morgan fingerprint density at radius 3 is 2.36 bits per heavy atom. The molecule has 33 heavy (non-hydrogen) atoms. The summed E-state index contributed by atoms with van der Waals surface area (Å²) >= 11 is 7.45. The average molecular weight is 516 g/mol. The number of hydrogen-bond donors (Lipinski definition) is 0. The molecular weight excluding hydrogens is 495 g/mol. The van der Waals surface area contributed by atoms with Crippen LogP contribution in [0, 0.1) is 6.92 Å². The molecule has 0 saturated carbocycles. The molecule has 0 bridgehead atoms. The molecular formula is C22H21ClF3N3O2S2. The molecule has 1 fully saturated rings. The summed E-state index contributed by atoms with van der Waals surface area (Å²) in [5.74, 6) is 0. The van der Waals surface area contributed by atoms with Gasteiger partial charge in [0.2, 0.25) is 10.0 Å². The van der Waals surface area contributed by atoms with E-state index in [9.17, 15) is 21.6 Å². The Kier molecular flexibility index (Phi) is 6.73. The molecule has 1 aliphatic rings. The lowest BCUT2D eigenvalue weighted by molar-refractivity contribution is -0.137. The van der Waals surface area contributed by atoms with E-state index in [4.69, 9.17) is 11.6 Å². The highest BCUT2D eigenvalue weighted by Gasteiger charge is 2.35. The molecule has 1 saturated heterocycles. The summed E-state index contributed by atoms with van der Waals surface area (Å²) in [6, 6.07) is 10.6. The first-order valence-electron chi connectivity index (χ1n) is 10.2. The van der Waals surface area contributed by atoms with Crippen molar-refractivity contribution in [2.45, 2.75) is 24.4 Å². The van der Waals surface area contributed by atoms with E-state index in [2.05, 4.69) is 29.2 Å². The van der Waals surface area contributed by atoms with Gasteiger partial charge in [0, 0.05) is 38.0 Å². The molecule has 11 heteroatoms. The zero-order valence-electron chi connectivity index (χ0n) is 17.6. The van der Waals surface area contributed by atoms with E-state index in [1.54, 1.807) is 0 Å². The monoisotopic (exact) mass is 515 g/mol. The zero-order valence-corrected chi connectivity index (χ0v) is 20.0. The smallest absolute Gasteiger partial charge is 0.345 e. The number of piperazine rings is 1. The topological polar surface area (TPSA) is 53.5 Å².